The van der Waals surface area contributed by atoms with E-state index in [1.807, 2.05) is 54.6 Å². The summed E-state index contributed by atoms with van der Waals surface area (Å²) in [5, 5.41) is 3.50. The van der Waals surface area contributed by atoms with Crippen molar-refractivity contribution >= 4 is 27.4 Å². The van der Waals surface area contributed by atoms with E-state index in [0.717, 1.165) is 15.7 Å². The van der Waals surface area contributed by atoms with Gasteiger partial charge in [-0.3, -0.25) is 4.79 Å². The van der Waals surface area contributed by atoms with E-state index >= 15 is 0 Å². The largest absolute Gasteiger partial charge is 0.380 e. The van der Waals surface area contributed by atoms with Gasteiger partial charge in [-0.25, -0.2) is 0 Å². The number of ether oxygens (including phenoxy) is 1. The van der Waals surface area contributed by atoms with Crippen LogP contribution in [-0.2, 0) is 9.53 Å². The molecular formula is C18H18BrNO2. The van der Waals surface area contributed by atoms with Gasteiger partial charge in [0.1, 0.15) is 5.78 Å². The fraction of sp³-hybridized carbons (Fsp3) is 0.278. The number of benzene rings is 2. The third kappa shape index (κ3) is 3.57. The van der Waals surface area contributed by atoms with E-state index in [2.05, 4.69) is 21.2 Å². The Morgan fingerprint density at radius 3 is 2.50 bits per heavy atom. The van der Waals surface area contributed by atoms with E-state index in [1.54, 1.807) is 0 Å². The molecule has 1 aliphatic heterocycles. The number of hydrogen-bond acceptors (Lipinski definition) is 3. The molecule has 0 aromatic heterocycles. The van der Waals surface area contributed by atoms with Crippen LogP contribution in [0.4, 0.5) is 5.69 Å². The second kappa shape index (κ2) is 7.07. The molecule has 1 fully saturated rings. The van der Waals surface area contributed by atoms with Gasteiger partial charge in [-0.15, -0.1) is 0 Å². The zero-order valence-electron chi connectivity index (χ0n) is 12.2. The van der Waals surface area contributed by atoms with Crippen LogP contribution in [0.15, 0.2) is 59.1 Å². The topological polar surface area (TPSA) is 38.3 Å². The number of carbonyl (C=O) groups excluding carboxylic acids is 1. The summed E-state index contributed by atoms with van der Waals surface area (Å²) in [6.07, 6.45) is 0.494. The highest BCUT2D eigenvalue weighted by atomic mass is 79.9. The lowest BCUT2D eigenvalue weighted by Crippen LogP contribution is -2.35. The Hall–Kier alpha value is -1.65. The van der Waals surface area contributed by atoms with Crippen LogP contribution in [-0.4, -0.2) is 19.0 Å². The molecule has 2 unspecified atom stereocenters. The molecule has 2 atom stereocenters. The number of carbonyl (C=O) groups is 1. The molecule has 0 spiro atoms. The highest BCUT2D eigenvalue weighted by Crippen LogP contribution is 2.31. The van der Waals surface area contributed by atoms with Crippen LogP contribution in [0.1, 0.15) is 18.0 Å². The van der Waals surface area contributed by atoms with Gasteiger partial charge in [-0.2, -0.15) is 0 Å². The van der Waals surface area contributed by atoms with E-state index in [1.165, 1.54) is 0 Å². The van der Waals surface area contributed by atoms with Crippen LogP contribution in [0.2, 0.25) is 0 Å². The SMILES string of the molecule is O=C1CCOCC1C(Nc1ccccc1)c1ccc(Br)cc1. The van der Waals surface area contributed by atoms with Crippen LogP contribution in [0.25, 0.3) is 0 Å². The number of hydrogen-bond donors (Lipinski definition) is 1. The van der Waals surface area contributed by atoms with Crippen molar-refractivity contribution in [1.82, 2.24) is 0 Å². The highest BCUT2D eigenvalue weighted by Gasteiger charge is 2.32. The molecule has 3 rings (SSSR count). The molecule has 1 aliphatic rings. The molecule has 1 N–H and O–H groups in total. The molecule has 2 aromatic rings. The molecule has 22 heavy (non-hydrogen) atoms. The van der Waals surface area contributed by atoms with Crippen molar-refractivity contribution in [3.05, 3.63) is 64.6 Å². The third-order valence-electron chi connectivity index (χ3n) is 3.93. The monoisotopic (exact) mass is 359 g/mol. The molecule has 0 radical (unpaired) electrons. The second-order valence-corrected chi connectivity index (χ2v) is 6.35. The Kier molecular flexibility index (Phi) is 4.90. The Morgan fingerprint density at radius 1 is 1.09 bits per heavy atom. The lowest BCUT2D eigenvalue weighted by molar-refractivity contribution is -0.131. The standard InChI is InChI=1S/C18H18BrNO2/c19-14-8-6-13(7-9-14)18(16-12-22-11-10-17(16)21)20-15-4-2-1-3-5-15/h1-9,16,18,20H,10-12H2. The highest BCUT2D eigenvalue weighted by molar-refractivity contribution is 9.10. The van der Waals surface area contributed by atoms with Crippen LogP contribution < -0.4 is 5.32 Å². The lowest BCUT2D eigenvalue weighted by Gasteiger charge is -2.31. The summed E-state index contributed by atoms with van der Waals surface area (Å²) in [6, 6.07) is 18.0. The molecule has 0 amide bonds. The number of Topliss-reactive ketones (excluding diaryl/α,β-unsaturated/α-hetero) is 1. The van der Waals surface area contributed by atoms with Crippen molar-refractivity contribution in [2.24, 2.45) is 5.92 Å². The quantitative estimate of drug-likeness (QED) is 0.888. The molecule has 1 heterocycles. The zero-order valence-corrected chi connectivity index (χ0v) is 13.8. The summed E-state index contributed by atoms with van der Waals surface area (Å²) >= 11 is 3.46. The van der Waals surface area contributed by atoms with Gasteiger partial charge in [0.05, 0.1) is 25.2 Å². The Morgan fingerprint density at radius 2 is 1.82 bits per heavy atom. The maximum Gasteiger partial charge on any atom is 0.142 e. The van der Waals surface area contributed by atoms with E-state index in [-0.39, 0.29) is 17.7 Å². The Labute approximate surface area is 138 Å². The molecule has 4 heteroatoms. The first-order chi connectivity index (χ1) is 10.7. The first kappa shape index (κ1) is 15.3. The van der Waals surface area contributed by atoms with Crippen molar-refractivity contribution in [2.45, 2.75) is 12.5 Å². The van der Waals surface area contributed by atoms with E-state index in [0.29, 0.717) is 19.6 Å². The zero-order chi connectivity index (χ0) is 15.4. The van der Waals surface area contributed by atoms with Gasteiger partial charge >= 0.3 is 0 Å². The van der Waals surface area contributed by atoms with Crippen molar-refractivity contribution < 1.29 is 9.53 Å². The number of para-hydroxylation sites is 1. The van der Waals surface area contributed by atoms with Crippen LogP contribution in [0, 0.1) is 5.92 Å². The molecule has 3 nitrogen and oxygen atoms in total. The number of ketones is 1. The maximum absolute atomic E-state index is 12.3. The van der Waals surface area contributed by atoms with Crippen LogP contribution in [0.3, 0.4) is 0 Å². The van der Waals surface area contributed by atoms with E-state index < -0.39 is 0 Å². The van der Waals surface area contributed by atoms with Gasteiger partial charge in [-0.05, 0) is 29.8 Å². The van der Waals surface area contributed by atoms with Crippen molar-refractivity contribution in [3.8, 4) is 0 Å². The Balaban J connectivity index is 1.90. The summed E-state index contributed by atoms with van der Waals surface area (Å²) in [5.41, 5.74) is 2.10. The first-order valence-electron chi connectivity index (χ1n) is 7.41. The van der Waals surface area contributed by atoms with E-state index in [4.69, 9.17) is 4.74 Å². The molecule has 0 aliphatic carbocycles. The van der Waals surface area contributed by atoms with Gasteiger partial charge in [0.15, 0.2) is 0 Å². The molecule has 1 saturated heterocycles. The summed E-state index contributed by atoms with van der Waals surface area (Å²) in [6.45, 7) is 1.01. The summed E-state index contributed by atoms with van der Waals surface area (Å²) in [7, 11) is 0. The molecule has 114 valence electrons. The second-order valence-electron chi connectivity index (χ2n) is 5.44. The van der Waals surface area contributed by atoms with Gasteiger partial charge in [0.2, 0.25) is 0 Å². The summed E-state index contributed by atoms with van der Waals surface area (Å²) < 4.78 is 6.57. The van der Waals surface area contributed by atoms with Crippen molar-refractivity contribution in [2.75, 3.05) is 18.5 Å². The Bertz CT molecular complexity index is 627. The average molecular weight is 360 g/mol. The number of halogens is 1. The number of nitrogens with one attached hydrogen (secondary N) is 1. The summed E-state index contributed by atoms with van der Waals surface area (Å²) in [4.78, 5) is 12.3. The smallest absolute Gasteiger partial charge is 0.142 e. The normalized spacial score (nSPS) is 19.7. The lowest BCUT2D eigenvalue weighted by atomic mass is 9.87. The summed E-state index contributed by atoms with van der Waals surface area (Å²) in [5.74, 6) is 0.109. The minimum absolute atomic E-state index is 0.0803. The molecule has 0 bridgehead atoms. The third-order valence-corrected chi connectivity index (χ3v) is 4.46. The van der Waals surface area contributed by atoms with Gasteiger partial charge in [0, 0.05) is 16.6 Å². The van der Waals surface area contributed by atoms with Gasteiger partial charge in [-0.1, -0.05) is 46.3 Å². The number of rotatable bonds is 4. The maximum atomic E-state index is 12.3. The fourth-order valence-electron chi connectivity index (χ4n) is 2.74. The van der Waals surface area contributed by atoms with Crippen LogP contribution >= 0.6 is 15.9 Å². The van der Waals surface area contributed by atoms with Crippen LogP contribution in [0.5, 0.6) is 0 Å². The number of anilines is 1. The molecule has 0 saturated carbocycles. The van der Waals surface area contributed by atoms with Gasteiger partial charge in [0.25, 0.3) is 0 Å². The molecular weight excluding hydrogens is 342 g/mol. The minimum atomic E-state index is -0.157. The van der Waals surface area contributed by atoms with E-state index in [9.17, 15) is 4.79 Å². The predicted octanol–water partition coefficient (Wildman–Crippen LogP) is 4.21. The predicted molar refractivity (Wildman–Crippen MR) is 90.9 cm³/mol. The van der Waals surface area contributed by atoms with Gasteiger partial charge < -0.3 is 10.1 Å². The minimum Gasteiger partial charge on any atom is -0.380 e. The van der Waals surface area contributed by atoms with Crippen molar-refractivity contribution in [3.63, 3.8) is 0 Å². The fourth-order valence-corrected chi connectivity index (χ4v) is 3.01. The first-order valence-corrected chi connectivity index (χ1v) is 8.21. The van der Waals surface area contributed by atoms with Crippen molar-refractivity contribution in [1.29, 1.82) is 0 Å². The average Bonchev–Trinajstić information content (AvgIpc) is 2.55. The molecule has 2 aromatic carbocycles.